The number of terminal acetylenes is 1. The van der Waals surface area contributed by atoms with Gasteiger partial charge in [-0.2, -0.15) is 0 Å². The van der Waals surface area contributed by atoms with Gasteiger partial charge < -0.3 is 10.2 Å². The number of rotatable bonds is 4. The van der Waals surface area contributed by atoms with Crippen LogP contribution < -0.4 is 5.32 Å². The van der Waals surface area contributed by atoms with Crippen LogP contribution in [0.25, 0.3) is 0 Å². The van der Waals surface area contributed by atoms with E-state index in [4.69, 9.17) is 6.42 Å². The molecule has 0 saturated carbocycles. The predicted molar refractivity (Wildman–Crippen MR) is 66.0 cm³/mol. The summed E-state index contributed by atoms with van der Waals surface area (Å²) in [5, 5.41) is 2.79. The molecule has 0 spiro atoms. The summed E-state index contributed by atoms with van der Waals surface area (Å²) in [7, 11) is 0. The summed E-state index contributed by atoms with van der Waals surface area (Å²) in [6, 6.07) is -0.783. The molecule has 0 radical (unpaired) electrons. The quantitative estimate of drug-likeness (QED) is 0.733. The van der Waals surface area contributed by atoms with Crippen molar-refractivity contribution in [3.05, 3.63) is 0 Å². The van der Waals surface area contributed by atoms with Crippen molar-refractivity contribution in [2.75, 3.05) is 6.54 Å². The number of piperazine rings is 1. The van der Waals surface area contributed by atoms with Crippen molar-refractivity contribution in [3.63, 3.8) is 0 Å². The Labute approximate surface area is 103 Å². The van der Waals surface area contributed by atoms with Crippen LogP contribution in [0.2, 0.25) is 0 Å². The molecule has 2 atom stereocenters. The molecule has 2 amide bonds. The third kappa shape index (κ3) is 2.79. The maximum Gasteiger partial charge on any atom is 0.246 e. The molecule has 0 aliphatic carbocycles. The highest BCUT2D eigenvalue weighted by atomic mass is 16.2. The fraction of sp³-hybridized carbons (Fsp3) is 0.692. The molecular weight excluding hydrogens is 216 g/mol. The first-order chi connectivity index (χ1) is 8.02. The van der Waals surface area contributed by atoms with Crippen LogP contribution in [0.4, 0.5) is 0 Å². The minimum absolute atomic E-state index is 0.0123. The van der Waals surface area contributed by atoms with Crippen LogP contribution in [0.5, 0.6) is 0 Å². The van der Waals surface area contributed by atoms with E-state index in [1.54, 1.807) is 4.90 Å². The minimum Gasteiger partial charge on any atom is -0.342 e. The first-order valence-corrected chi connectivity index (χ1v) is 6.07. The second kappa shape index (κ2) is 5.72. The SMILES string of the molecule is C#CCCN1C(=O)C(C(C)C)NC(=O)C1CC. The van der Waals surface area contributed by atoms with Gasteiger partial charge in [0.2, 0.25) is 11.8 Å². The molecule has 1 aliphatic heterocycles. The third-order valence-electron chi connectivity index (χ3n) is 3.08. The van der Waals surface area contributed by atoms with Gasteiger partial charge in [0.05, 0.1) is 0 Å². The molecule has 0 aromatic heterocycles. The first kappa shape index (κ1) is 13.6. The van der Waals surface area contributed by atoms with Crippen molar-refractivity contribution in [3.8, 4) is 12.3 Å². The van der Waals surface area contributed by atoms with E-state index in [1.165, 1.54) is 0 Å². The number of amides is 2. The van der Waals surface area contributed by atoms with E-state index in [1.807, 2.05) is 20.8 Å². The van der Waals surface area contributed by atoms with E-state index < -0.39 is 6.04 Å². The second-order valence-corrected chi connectivity index (χ2v) is 4.64. The lowest BCUT2D eigenvalue weighted by Gasteiger charge is -2.39. The number of hydrogen-bond donors (Lipinski definition) is 1. The molecule has 17 heavy (non-hydrogen) atoms. The molecule has 4 heteroatoms. The Bertz CT molecular complexity index is 344. The molecule has 2 unspecified atom stereocenters. The van der Waals surface area contributed by atoms with Gasteiger partial charge in [0.15, 0.2) is 0 Å². The summed E-state index contributed by atoms with van der Waals surface area (Å²) in [5.41, 5.74) is 0. The summed E-state index contributed by atoms with van der Waals surface area (Å²) in [6.07, 6.45) is 6.32. The number of nitrogens with zero attached hydrogens (tertiary/aromatic N) is 1. The highest BCUT2D eigenvalue weighted by Crippen LogP contribution is 2.17. The molecule has 1 aliphatic rings. The normalized spacial score (nSPS) is 24.8. The van der Waals surface area contributed by atoms with Gasteiger partial charge in [-0.05, 0) is 12.3 Å². The zero-order chi connectivity index (χ0) is 13.0. The Kier molecular flexibility index (Phi) is 4.56. The molecule has 1 saturated heterocycles. The summed E-state index contributed by atoms with van der Waals surface area (Å²) < 4.78 is 0. The van der Waals surface area contributed by atoms with Gasteiger partial charge in [-0.15, -0.1) is 12.3 Å². The molecule has 1 fully saturated rings. The average molecular weight is 236 g/mol. The molecule has 94 valence electrons. The van der Waals surface area contributed by atoms with Crippen molar-refractivity contribution in [2.45, 2.75) is 45.7 Å². The lowest BCUT2D eigenvalue weighted by molar-refractivity contribution is -0.150. The highest BCUT2D eigenvalue weighted by molar-refractivity contribution is 5.97. The van der Waals surface area contributed by atoms with Crippen LogP contribution in [0.15, 0.2) is 0 Å². The molecule has 1 rings (SSSR count). The van der Waals surface area contributed by atoms with E-state index in [0.29, 0.717) is 19.4 Å². The van der Waals surface area contributed by atoms with E-state index >= 15 is 0 Å². The lowest BCUT2D eigenvalue weighted by Crippen LogP contribution is -2.64. The van der Waals surface area contributed by atoms with Gasteiger partial charge in [0, 0.05) is 13.0 Å². The maximum absolute atomic E-state index is 12.2. The van der Waals surface area contributed by atoms with Crippen molar-refractivity contribution in [1.82, 2.24) is 10.2 Å². The number of carbonyl (C=O) groups is 2. The standard InChI is InChI=1S/C13H20N2O2/c1-5-7-8-15-10(6-2)12(16)14-11(9(3)4)13(15)17/h1,9-11H,6-8H2,2-4H3,(H,14,16). The largest absolute Gasteiger partial charge is 0.342 e. The van der Waals surface area contributed by atoms with Crippen LogP contribution in [0, 0.1) is 18.3 Å². The Balaban J connectivity index is 2.89. The monoisotopic (exact) mass is 236 g/mol. The van der Waals surface area contributed by atoms with Crippen LogP contribution in [0.1, 0.15) is 33.6 Å². The van der Waals surface area contributed by atoms with Gasteiger partial charge in [0.1, 0.15) is 12.1 Å². The zero-order valence-corrected chi connectivity index (χ0v) is 10.7. The molecule has 1 N–H and O–H groups in total. The summed E-state index contributed by atoms with van der Waals surface area (Å²) in [6.45, 7) is 6.21. The maximum atomic E-state index is 12.2. The fourth-order valence-corrected chi connectivity index (χ4v) is 2.09. The Morgan fingerprint density at radius 3 is 2.59 bits per heavy atom. The van der Waals surface area contributed by atoms with Crippen LogP contribution >= 0.6 is 0 Å². The van der Waals surface area contributed by atoms with Crippen molar-refractivity contribution >= 4 is 11.8 Å². The van der Waals surface area contributed by atoms with Crippen molar-refractivity contribution < 1.29 is 9.59 Å². The van der Waals surface area contributed by atoms with Crippen LogP contribution in [0.3, 0.4) is 0 Å². The Hall–Kier alpha value is -1.50. The van der Waals surface area contributed by atoms with Gasteiger partial charge in [-0.25, -0.2) is 0 Å². The van der Waals surface area contributed by atoms with E-state index in [2.05, 4.69) is 11.2 Å². The predicted octanol–water partition coefficient (Wildman–Crippen LogP) is 0.771. The summed E-state index contributed by atoms with van der Waals surface area (Å²) in [5.74, 6) is 2.53. The summed E-state index contributed by atoms with van der Waals surface area (Å²) >= 11 is 0. The van der Waals surface area contributed by atoms with E-state index in [0.717, 1.165) is 0 Å². The third-order valence-corrected chi connectivity index (χ3v) is 3.08. The number of carbonyl (C=O) groups excluding carboxylic acids is 2. The van der Waals surface area contributed by atoms with Gasteiger partial charge in [-0.3, -0.25) is 9.59 Å². The van der Waals surface area contributed by atoms with Gasteiger partial charge in [-0.1, -0.05) is 20.8 Å². The fourth-order valence-electron chi connectivity index (χ4n) is 2.09. The van der Waals surface area contributed by atoms with Crippen molar-refractivity contribution in [1.29, 1.82) is 0 Å². The van der Waals surface area contributed by atoms with Crippen LogP contribution in [-0.2, 0) is 9.59 Å². The second-order valence-electron chi connectivity index (χ2n) is 4.64. The highest BCUT2D eigenvalue weighted by Gasteiger charge is 2.40. The molecule has 1 heterocycles. The van der Waals surface area contributed by atoms with Crippen molar-refractivity contribution in [2.24, 2.45) is 5.92 Å². The molecular formula is C13H20N2O2. The van der Waals surface area contributed by atoms with E-state index in [9.17, 15) is 9.59 Å². The molecule has 0 aromatic rings. The van der Waals surface area contributed by atoms with Crippen LogP contribution in [-0.4, -0.2) is 35.3 Å². The topological polar surface area (TPSA) is 49.4 Å². The zero-order valence-electron chi connectivity index (χ0n) is 10.7. The average Bonchev–Trinajstić information content (AvgIpc) is 2.29. The Morgan fingerprint density at radius 2 is 2.12 bits per heavy atom. The number of hydrogen-bond acceptors (Lipinski definition) is 2. The van der Waals surface area contributed by atoms with Gasteiger partial charge in [0.25, 0.3) is 0 Å². The molecule has 0 aromatic carbocycles. The first-order valence-electron chi connectivity index (χ1n) is 6.07. The van der Waals surface area contributed by atoms with E-state index in [-0.39, 0.29) is 23.8 Å². The summed E-state index contributed by atoms with van der Waals surface area (Å²) in [4.78, 5) is 25.8. The minimum atomic E-state index is -0.414. The lowest BCUT2D eigenvalue weighted by atomic mass is 9.97. The smallest absolute Gasteiger partial charge is 0.246 e. The Morgan fingerprint density at radius 1 is 1.47 bits per heavy atom. The molecule has 4 nitrogen and oxygen atoms in total. The van der Waals surface area contributed by atoms with Gasteiger partial charge >= 0.3 is 0 Å². The number of nitrogens with one attached hydrogen (secondary N) is 1. The molecule has 0 bridgehead atoms.